The van der Waals surface area contributed by atoms with Crippen LogP contribution in [0.4, 0.5) is 14.9 Å². The van der Waals surface area contributed by atoms with Crippen molar-refractivity contribution in [2.45, 2.75) is 31.0 Å². The molecule has 7 heteroatoms. The van der Waals surface area contributed by atoms with Crippen LogP contribution in [0.15, 0.2) is 97.1 Å². The van der Waals surface area contributed by atoms with E-state index in [0.29, 0.717) is 35.4 Å². The zero-order valence-corrected chi connectivity index (χ0v) is 20.9. The molecule has 38 heavy (non-hydrogen) atoms. The first-order valence-electron chi connectivity index (χ1n) is 12.5. The predicted octanol–water partition coefficient (Wildman–Crippen LogP) is 6.36. The minimum Gasteiger partial charge on any atom is -0.507 e. The van der Waals surface area contributed by atoms with Crippen molar-refractivity contribution in [3.8, 4) is 22.6 Å². The van der Waals surface area contributed by atoms with Crippen molar-refractivity contribution in [3.05, 3.63) is 114 Å². The average molecular weight is 513 g/mol. The molecular formula is C31H29FN2O4. The van der Waals surface area contributed by atoms with Crippen LogP contribution >= 0.6 is 0 Å². The van der Waals surface area contributed by atoms with Crippen LogP contribution in [0.5, 0.6) is 11.5 Å². The van der Waals surface area contributed by atoms with Crippen molar-refractivity contribution in [2.24, 2.45) is 0 Å². The van der Waals surface area contributed by atoms with Crippen molar-refractivity contribution >= 4 is 11.7 Å². The van der Waals surface area contributed by atoms with Gasteiger partial charge in [-0.1, -0.05) is 54.6 Å². The Bertz CT molecular complexity index is 1390. The van der Waals surface area contributed by atoms with Crippen LogP contribution in [0.3, 0.4) is 0 Å². The molecule has 0 saturated carbocycles. The van der Waals surface area contributed by atoms with Crippen LogP contribution in [0.25, 0.3) is 11.1 Å². The number of phenols is 1. The number of nitrogens with zero attached hydrogens (tertiary/aromatic N) is 1. The number of carbonyl (C=O) groups is 1. The van der Waals surface area contributed by atoms with Gasteiger partial charge < -0.3 is 20.3 Å². The molecule has 1 heterocycles. The van der Waals surface area contributed by atoms with Crippen molar-refractivity contribution < 1.29 is 24.1 Å². The van der Waals surface area contributed by atoms with Crippen molar-refractivity contribution in [2.75, 3.05) is 12.0 Å². The Kier molecular flexibility index (Phi) is 7.29. The molecule has 1 fully saturated rings. The molecular weight excluding hydrogens is 483 g/mol. The first-order valence-corrected chi connectivity index (χ1v) is 12.5. The summed E-state index contributed by atoms with van der Waals surface area (Å²) in [5.74, 6) is 0.152. The summed E-state index contributed by atoms with van der Waals surface area (Å²) in [5, 5.41) is 24.7. The van der Waals surface area contributed by atoms with Gasteiger partial charge in [-0.3, -0.25) is 4.90 Å². The highest BCUT2D eigenvalue weighted by molar-refractivity contribution is 5.96. The second-order valence-electron chi connectivity index (χ2n) is 9.35. The molecule has 1 aliphatic rings. The normalized spacial score (nSPS) is 17.8. The number of halogens is 1. The van der Waals surface area contributed by atoms with Crippen LogP contribution in [-0.4, -0.2) is 29.4 Å². The fraction of sp³-hybridized carbons (Fsp3) is 0.194. The van der Waals surface area contributed by atoms with Gasteiger partial charge in [0.2, 0.25) is 0 Å². The van der Waals surface area contributed by atoms with Crippen LogP contribution in [0.2, 0.25) is 0 Å². The molecule has 194 valence electrons. The number of carbonyl (C=O) groups excluding carboxylic acids is 1. The van der Waals surface area contributed by atoms with E-state index < -0.39 is 18.2 Å². The maximum atomic E-state index is 13.3. The van der Waals surface area contributed by atoms with E-state index in [0.717, 1.165) is 11.1 Å². The van der Waals surface area contributed by atoms with Crippen LogP contribution in [-0.2, 0) is 0 Å². The third kappa shape index (κ3) is 5.19. The number of nitrogens with one attached hydrogen (secondary N) is 1. The second-order valence-corrected chi connectivity index (χ2v) is 9.35. The van der Waals surface area contributed by atoms with E-state index in [4.69, 9.17) is 4.74 Å². The summed E-state index contributed by atoms with van der Waals surface area (Å²) in [6, 6.07) is 27.2. The number of aliphatic hydroxyl groups is 1. The molecule has 0 aliphatic carbocycles. The van der Waals surface area contributed by atoms with Crippen molar-refractivity contribution in [3.63, 3.8) is 0 Å². The topological polar surface area (TPSA) is 82.0 Å². The summed E-state index contributed by atoms with van der Waals surface area (Å²) in [4.78, 5) is 15.0. The van der Waals surface area contributed by atoms with E-state index >= 15 is 0 Å². The van der Waals surface area contributed by atoms with Gasteiger partial charge >= 0.3 is 6.03 Å². The largest absolute Gasteiger partial charge is 0.507 e. The molecule has 3 atom stereocenters. The zero-order chi connectivity index (χ0) is 26.6. The highest BCUT2D eigenvalue weighted by Crippen LogP contribution is 2.41. The van der Waals surface area contributed by atoms with Gasteiger partial charge in [-0.2, -0.15) is 0 Å². The van der Waals surface area contributed by atoms with Gasteiger partial charge in [0.15, 0.2) is 0 Å². The smallest absolute Gasteiger partial charge is 0.322 e. The molecule has 0 aromatic heterocycles. The predicted molar refractivity (Wildman–Crippen MR) is 145 cm³/mol. The lowest BCUT2D eigenvalue weighted by molar-refractivity contribution is 0.159. The number of rotatable bonds is 8. The van der Waals surface area contributed by atoms with E-state index in [2.05, 4.69) is 5.32 Å². The van der Waals surface area contributed by atoms with E-state index in [1.54, 1.807) is 29.2 Å². The maximum absolute atomic E-state index is 13.3. The summed E-state index contributed by atoms with van der Waals surface area (Å²) in [6.07, 6.45) is -0.0547. The number of aromatic hydroxyl groups is 1. The molecule has 5 rings (SSSR count). The van der Waals surface area contributed by atoms with Gasteiger partial charge in [0.05, 0.1) is 25.3 Å². The van der Waals surface area contributed by atoms with Gasteiger partial charge in [-0.25, -0.2) is 9.18 Å². The Balaban J connectivity index is 1.45. The third-order valence-electron chi connectivity index (χ3n) is 7.00. The number of anilines is 1. The van der Waals surface area contributed by atoms with Gasteiger partial charge in [-0.15, -0.1) is 0 Å². The number of hydrogen-bond acceptors (Lipinski definition) is 4. The highest BCUT2D eigenvalue weighted by atomic mass is 19.1. The number of methoxy groups -OCH3 is 1. The highest BCUT2D eigenvalue weighted by Gasteiger charge is 2.42. The van der Waals surface area contributed by atoms with Crippen molar-refractivity contribution in [1.29, 1.82) is 0 Å². The monoisotopic (exact) mass is 512 g/mol. The summed E-state index contributed by atoms with van der Waals surface area (Å²) < 4.78 is 18.6. The molecule has 0 bridgehead atoms. The van der Waals surface area contributed by atoms with E-state index in [1.807, 2.05) is 54.6 Å². The van der Waals surface area contributed by atoms with Crippen LogP contribution in [0.1, 0.15) is 36.1 Å². The number of amides is 2. The summed E-state index contributed by atoms with van der Waals surface area (Å²) >= 11 is 0. The Morgan fingerprint density at radius 3 is 2.29 bits per heavy atom. The average Bonchev–Trinajstić information content (AvgIpc) is 3.28. The lowest BCUT2D eigenvalue weighted by Crippen LogP contribution is -2.29. The summed E-state index contributed by atoms with van der Waals surface area (Å²) in [5.41, 5.74) is 3.95. The molecule has 3 N–H and O–H groups in total. The second kappa shape index (κ2) is 10.9. The molecule has 0 radical (unpaired) electrons. The third-order valence-corrected chi connectivity index (χ3v) is 7.00. The molecule has 2 amide bonds. The van der Waals surface area contributed by atoms with E-state index in [1.165, 1.54) is 25.3 Å². The van der Waals surface area contributed by atoms with E-state index in [9.17, 15) is 19.4 Å². The number of phenolic OH excluding ortho intramolecular Hbond substituents is 1. The molecule has 1 unspecified atom stereocenters. The minimum absolute atomic E-state index is 0.0147. The standard InChI is InChI=1S/C31H29FN2O4/c1-38-25-15-16-26(29(36)19-25)30-27(17-18-28(35)22-7-11-23(32)12-8-22)33-31(37)34(30)24-13-9-21(10-14-24)20-5-3-2-4-6-20/h2-16,19,27-28,30,35-36H,17-18H2,1H3,(H,33,37)/t27-,28?,30-/m1/s1. The molecule has 6 nitrogen and oxygen atoms in total. The first-order chi connectivity index (χ1) is 18.4. The fourth-order valence-electron chi connectivity index (χ4n) is 5.01. The van der Waals surface area contributed by atoms with Gasteiger partial charge in [0.1, 0.15) is 17.3 Å². The molecule has 4 aromatic rings. The van der Waals surface area contributed by atoms with Gasteiger partial charge in [0.25, 0.3) is 0 Å². The van der Waals surface area contributed by atoms with Crippen LogP contribution in [0, 0.1) is 5.82 Å². The Hall–Kier alpha value is -4.36. The number of urea groups is 1. The number of hydrogen-bond donors (Lipinski definition) is 3. The Morgan fingerprint density at radius 2 is 1.63 bits per heavy atom. The minimum atomic E-state index is -0.822. The molecule has 4 aromatic carbocycles. The summed E-state index contributed by atoms with van der Waals surface area (Å²) in [6.45, 7) is 0. The van der Waals surface area contributed by atoms with E-state index in [-0.39, 0.29) is 17.6 Å². The first kappa shape index (κ1) is 25.3. The Labute approximate surface area is 220 Å². The Morgan fingerprint density at radius 1 is 0.947 bits per heavy atom. The molecule has 1 aliphatic heterocycles. The number of benzene rings is 4. The zero-order valence-electron chi connectivity index (χ0n) is 20.9. The lowest BCUT2D eigenvalue weighted by Gasteiger charge is -2.28. The quantitative estimate of drug-likeness (QED) is 0.257. The molecule has 0 spiro atoms. The lowest BCUT2D eigenvalue weighted by atomic mass is 9.92. The van der Waals surface area contributed by atoms with Gasteiger partial charge in [0, 0.05) is 17.3 Å². The number of ether oxygens (including phenoxy) is 1. The number of aliphatic hydroxyl groups excluding tert-OH is 1. The summed E-state index contributed by atoms with van der Waals surface area (Å²) in [7, 11) is 1.52. The molecule has 1 saturated heterocycles. The van der Waals surface area contributed by atoms with Gasteiger partial charge in [-0.05, 0) is 65.9 Å². The fourth-order valence-corrected chi connectivity index (χ4v) is 5.01. The van der Waals surface area contributed by atoms with Crippen molar-refractivity contribution in [1.82, 2.24) is 5.32 Å². The SMILES string of the molecule is COc1ccc([C@@H]2[C@@H](CCC(O)c3ccc(F)cc3)NC(=O)N2c2ccc(-c3ccccc3)cc2)c(O)c1. The maximum Gasteiger partial charge on any atom is 0.322 e. The van der Waals surface area contributed by atoms with Crippen LogP contribution < -0.4 is 15.0 Å².